The van der Waals surface area contributed by atoms with Gasteiger partial charge < -0.3 is 10.1 Å². The van der Waals surface area contributed by atoms with E-state index in [4.69, 9.17) is 4.74 Å². The van der Waals surface area contributed by atoms with E-state index in [1.165, 1.54) is 6.07 Å². The lowest BCUT2D eigenvalue weighted by Gasteiger charge is -2.12. The largest absolute Gasteiger partial charge is 0.416 e. The highest BCUT2D eigenvalue weighted by molar-refractivity contribution is 14.1. The maximum absolute atomic E-state index is 12.7. The molecule has 7 heteroatoms. The van der Waals surface area contributed by atoms with Gasteiger partial charge in [0.05, 0.1) is 17.9 Å². The molecule has 0 heterocycles. The number of carbonyl (C=O) groups is 1. The lowest BCUT2D eigenvalue weighted by Crippen LogP contribution is -2.14. The van der Waals surface area contributed by atoms with Crippen LogP contribution in [0.25, 0.3) is 0 Å². The number of amides is 1. The maximum Gasteiger partial charge on any atom is 0.416 e. The van der Waals surface area contributed by atoms with Crippen molar-refractivity contribution >= 4 is 34.2 Å². The zero-order valence-electron chi connectivity index (χ0n) is 12.1. The molecule has 3 nitrogen and oxygen atoms in total. The van der Waals surface area contributed by atoms with Crippen LogP contribution in [0.3, 0.4) is 0 Å². The number of hydrogen-bond donors (Lipinski definition) is 1. The molecule has 0 aliphatic heterocycles. The average molecular weight is 435 g/mol. The topological polar surface area (TPSA) is 38.3 Å². The van der Waals surface area contributed by atoms with Crippen LogP contribution in [0, 0.1) is 3.57 Å². The van der Waals surface area contributed by atoms with E-state index in [0.717, 1.165) is 17.7 Å². The predicted molar refractivity (Wildman–Crippen MR) is 89.3 cm³/mol. The highest BCUT2D eigenvalue weighted by Crippen LogP contribution is 2.32. The van der Waals surface area contributed by atoms with Gasteiger partial charge in [0.1, 0.15) is 0 Å². The van der Waals surface area contributed by atoms with Crippen LogP contribution in [-0.4, -0.2) is 13.0 Å². The molecule has 0 saturated heterocycles. The monoisotopic (exact) mass is 435 g/mol. The molecule has 1 N–H and O–H groups in total. The predicted octanol–water partition coefficient (Wildman–Crippen LogP) is 4.71. The fourth-order valence-electron chi connectivity index (χ4n) is 1.91. The molecule has 0 unspecified atom stereocenters. The third-order valence-electron chi connectivity index (χ3n) is 3.07. The summed E-state index contributed by atoms with van der Waals surface area (Å²) in [6.45, 7) is 0.424. The molecule has 23 heavy (non-hydrogen) atoms. The van der Waals surface area contributed by atoms with Gasteiger partial charge in [-0.1, -0.05) is 12.1 Å². The summed E-state index contributed by atoms with van der Waals surface area (Å²) in [7, 11) is 1.57. The summed E-state index contributed by atoms with van der Waals surface area (Å²) in [6, 6.07) is 9.90. The Morgan fingerprint density at radius 3 is 2.39 bits per heavy atom. The van der Waals surface area contributed by atoms with Crippen molar-refractivity contribution < 1.29 is 22.7 Å². The van der Waals surface area contributed by atoms with Crippen LogP contribution in [0.15, 0.2) is 42.5 Å². The van der Waals surface area contributed by atoms with Crippen molar-refractivity contribution in [3.8, 4) is 0 Å². The van der Waals surface area contributed by atoms with Gasteiger partial charge >= 0.3 is 6.18 Å². The number of hydrogen-bond acceptors (Lipinski definition) is 2. The van der Waals surface area contributed by atoms with Gasteiger partial charge in [-0.25, -0.2) is 0 Å². The molecule has 0 fully saturated rings. The van der Waals surface area contributed by atoms with Crippen LogP contribution in [0.2, 0.25) is 0 Å². The van der Waals surface area contributed by atoms with Crippen LogP contribution >= 0.6 is 22.6 Å². The van der Waals surface area contributed by atoms with Crippen molar-refractivity contribution in [1.82, 2.24) is 0 Å². The number of alkyl halides is 3. The first-order valence-electron chi connectivity index (χ1n) is 6.57. The molecule has 0 aromatic heterocycles. The van der Waals surface area contributed by atoms with E-state index in [1.54, 1.807) is 31.4 Å². The number of halogens is 4. The molecule has 2 aromatic rings. The van der Waals surface area contributed by atoms with E-state index in [-0.39, 0.29) is 5.69 Å². The molecule has 0 bridgehead atoms. The van der Waals surface area contributed by atoms with Gasteiger partial charge in [-0.2, -0.15) is 13.2 Å². The van der Waals surface area contributed by atoms with Crippen molar-refractivity contribution in [3.05, 3.63) is 62.7 Å². The molecular formula is C16H13F3INO2. The molecule has 1 amide bonds. The summed E-state index contributed by atoms with van der Waals surface area (Å²) < 4.78 is 43.8. The van der Waals surface area contributed by atoms with Crippen LogP contribution < -0.4 is 5.32 Å². The minimum Gasteiger partial charge on any atom is -0.380 e. The lowest BCUT2D eigenvalue weighted by molar-refractivity contribution is -0.137. The van der Waals surface area contributed by atoms with E-state index in [1.807, 2.05) is 22.6 Å². The van der Waals surface area contributed by atoms with Gasteiger partial charge in [-0.3, -0.25) is 4.79 Å². The maximum atomic E-state index is 12.7. The van der Waals surface area contributed by atoms with Gasteiger partial charge in [0.25, 0.3) is 5.91 Å². The first-order chi connectivity index (χ1) is 10.8. The fourth-order valence-corrected chi connectivity index (χ4v) is 2.38. The normalized spacial score (nSPS) is 11.3. The van der Waals surface area contributed by atoms with Crippen molar-refractivity contribution in [2.45, 2.75) is 12.8 Å². The number of rotatable bonds is 4. The molecule has 0 saturated carbocycles. The Kier molecular flexibility index (Phi) is 5.64. The first-order valence-corrected chi connectivity index (χ1v) is 7.65. The van der Waals surface area contributed by atoms with Gasteiger partial charge in [-0.15, -0.1) is 0 Å². The number of nitrogens with one attached hydrogen (secondary N) is 1. The standard InChI is InChI=1S/C16H13F3INO2/c1-23-9-10-2-4-11(5-3-10)15(22)21-14-8-12(16(17,18)19)6-7-13(14)20/h2-8H,9H2,1H3,(H,21,22). The van der Waals surface area contributed by atoms with Crippen molar-refractivity contribution in [2.75, 3.05) is 12.4 Å². The van der Waals surface area contributed by atoms with E-state index < -0.39 is 17.6 Å². The summed E-state index contributed by atoms with van der Waals surface area (Å²) in [6.07, 6.45) is -4.45. The zero-order valence-corrected chi connectivity index (χ0v) is 14.2. The van der Waals surface area contributed by atoms with E-state index in [9.17, 15) is 18.0 Å². The van der Waals surface area contributed by atoms with E-state index in [0.29, 0.717) is 15.7 Å². The molecule has 2 rings (SSSR count). The van der Waals surface area contributed by atoms with Crippen LogP contribution in [0.5, 0.6) is 0 Å². The smallest absolute Gasteiger partial charge is 0.380 e. The van der Waals surface area contributed by atoms with Crippen LogP contribution in [0.4, 0.5) is 18.9 Å². The lowest BCUT2D eigenvalue weighted by atomic mass is 10.1. The molecule has 122 valence electrons. The Morgan fingerprint density at radius 2 is 1.83 bits per heavy atom. The molecule has 0 radical (unpaired) electrons. The van der Waals surface area contributed by atoms with Crippen molar-refractivity contribution in [3.63, 3.8) is 0 Å². The van der Waals surface area contributed by atoms with E-state index in [2.05, 4.69) is 5.32 Å². The van der Waals surface area contributed by atoms with Crippen molar-refractivity contribution in [1.29, 1.82) is 0 Å². The Bertz CT molecular complexity index is 699. The minimum absolute atomic E-state index is 0.131. The van der Waals surface area contributed by atoms with Crippen LogP contribution in [-0.2, 0) is 17.5 Å². The zero-order chi connectivity index (χ0) is 17.0. The van der Waals surface area contributed by atoms with Crippen LogP contribution in [0.1, 0.15) is 21.5 Å². The first kappa shape index (κ1) is 17.7. The second-order valence-electron chi connectivity index (χ2n) is 4.78. The minimum atomic E-state index is -4.45. The second-order valence-corrected chi connectivity index (χ2v) is 5.94. The number of ether oxygens (including phenoxy) is 1. The number of anilines is 1. The molecule has 0 aliphatic rings. The Balaban J connectivity index is 2.19. The van der Waals surface area contributed by atoms with Gasteiger partial charge in [0.15, 0.2) is 0 Å². The highest BCUT2D eigenvalue weighted by Gasteiger charge is 2.31. The number of carbonyl (C=O) groups excluding carboxylic acids is 1. The second kappa shape index (κ2) is 7.31. The highest BCUT2D eigenvalue weighted by atomic mass is 127. The summed E-state index contributed by atoms with van der Waals surface area (Å²) in [4.78, 5) is 12.2. The molecule has 0 atom stereocenters. The summed E-state index contributed by atoms with van der Waals surface area (Å²) in [5.41, 5.74) is 0.589. The average Bonchev–Trinajstić information content (AvgIpc) is 2.49. The molecule has 2 aromatic carbocycles. The van der Waals surface area contributed by atoms with Gasteiger partial charge in [0, 0.05) is 16.2 Å². The SMILES string of the molecule is COCc1ccc(C(=O)Nc2cc(C(F)(F)F)ccc2I)cc1. The van der Waals surface area contributed by atoms with Gasteiger partial charge in [0.2, 0.25) is 0 Å². The molecular weight excluding hydrogens is 422 g/mol. The summed E-state index contributed by atoms with van der Waals surface area (Å²) in [5, 5.41) is 2.51. The summed E-state index contributed by atoms with van der Waals surface area (Å²) in [5.74, 6) is -0.466. The summed E-state index contributed by atoms with van der Waals surface area (Å²) >= 11 is 1.88. The quantitative estimate of drug-likeness (QED) is 0.707. The fraction of sp³-hybridized carbons (Fsp3) is 0.188. The number of benzene rings is 2. The third-order valence-corrected chi connectivity index (χ3v) is 4.01. The third kappa shape index (κ3) is 4.68. The Labute approximate surface area is 145 Å². The molecule has 0 spiro atoms. The molecule has 0 aliphatic carbocycles. The van der Waals surface area contributed by atoms with E-state index >= 15 is 0 Å². The van der Waals surface area contributed by atoms with Gasteiger partial charge in [-0.05, 0) is 58.5 Å². The Hall–Kier alpha value is -1.61. The number of methoxy groups -OCH3 is 1. The Morgan fingerprint density at radius 1 is 1.17 bits per heavy atom. The van der Waals surface area contributed by atoms with Crippen molar-refractivity contribution in [2.24, 2.45) is 0 Å².